The zero-order valence-electron chi connectivity index (χ0n) is 16.1. The van der Waals surface area contributed by atoms with E-state index in [0.29, 0.717) is 5.92 Å². The molecule has 0 unspecified atom stereocenters. The minimum Gasteiger partial charge on any atom is -0.376 e. The Kier molecular flexibility index (Phi) is 5.53. The smallest absolute Gasteiger partial charge is 0.253 e. The number of amides is 1. The van der Waals surface area contributed by atoms with Crippen molar-refractivity contribution >= 4 is 5.91 Å². The second-order valence-electron chi connectivity index (χ2n) is 7.91. The number of carbonyl (C=O) groups is 1. The number of hydrogen-bond donors (Lipinski definition) is 0. The Morgan fingerprint density at radius 1 is 1.11 bits per heavy atom. The highest BCUT2D eigenvalue weighted by Crippen LogP contribution is 2.29. The number of ether oxygens (including phenoxy) is 1. The van der Waals surface area contributed by atoms with E-state index in [2.05, 4.69) is 11.9 Å². The number of hydrogen-bond acceptors (Lipinski definition) is 3. The molecule has 0 spiro atoms. The molecule has 2 aromatic rings. The summed E-state index contributed by atoms with van der Waals surface area (Å²) in [5.41, 5.74) is 4.19. The molecular formula is C23H28N2O2. The molecule has 1 saturated heterocycles. The summed E-state index contributed by atoms with van der Waals surface area (Å²) in [7, 11) is 0. The maximum atomic E-state index is 13.2. The molecule has 1 aliphatic carbocycles. The summed E-state index contributed by atoms with van der Waals surface area (Å²) in [5.74, 6) is 0.796. The fraction of sp³-hybridized carbons (Fsp3) is 0.478. The van der Waals surface area contributed by atoms with E-state index >= 15 is 0 Å². The zero-order chi connectivity index (χ0) is 18.6. The minimum atomic E-state index is 0.135. The van der Waals surface area contributed by atoms with Gasteiger partial charge in [-0.3, -0.25) is 9.78 Å². The first kappa shape index (κ1) is 18.2. The standard InChI is InChI=1S/C23H28N2O2/c1-17-14-24-12-11-22(17)19-7-9-20(10-8-19)23(26)25(15-18-4-2-5-18)16-21-6-3-13-27-21/h7-12,14,18,21H,2-6,13,15-16H2,1H3/t21-/m1/s1. The molecule has 2 fully saturated rings. The fourth-order valence-corrected chi connectivity index (χ4v) is 4.03. The van der Waals surface area contributed by atoms with Gasteiger partial charge in [-0.25, -0.2) is 0 Å². The van der Waals surface area contributed by atoms with Crippen molar-refractivity contribution in [1.82, 2.24) is 9.88 Å². The number of nitrogens with zero attached hydrogens (tertiary/aromatic N) is 2. The first-order valence-corrected chi connectivity index (χ1v) is 10.1. The van der Waals surface area contributed by atoms with E-state index in [9.17, 15) is 4.79 Å². The molecule has 0 radical (unpaired) electrons. The molecular weight excluding hydrogens is 336 g/mol. The number of aryl methyl sites for hydroxylation is 1. The molecule has 1 aromatic carbocycles. The van der Waals surface area contributed by atoms with Crippen molar-refractivity contribution in [2.24, 2.45) is 5.92 Å². The van der Waals surface area contributed by atoms with Crippen LogP contribution < -0.4 is 0 Å². The van der Waals surface area contributed by atoms with Gasteiger partial charge in [-0.05, 0) is 73.4 Å². The number of pyridine rings is 1. The summed E-state index contributed by atoms with van der Waals surface area (Å²) in [6.07, 6.45) is 9.84. The van der Waals surface area contributed by atoms with Crippen LogP contribution in [0.1, 0.15) is 48.0 Å². The molecule has 2 heterocycles. The maximum Gasteiger partial charge on any atom is 0.253 e. The lowest BCUT2D eigenvalue weighted by Gasteiger charge is -2.33. The molecule has 1 saturated carbocycles. The molecule has 1 amide bonds. The second kappa shape index (κ2) is 8.22. The molecule has 0 N–H and O–H groups in total. The normalized spacial score (nSPS) is 19.7. The quantitative estimate of drug-likeness (QED) is 0.759. The Bertz CT molecular complexity index is 777. The van der Waals surface area contributed by atoms with Gasteiger partial charge in [-0.15, -0.1) is 0 Å². The Balaban J connectivity index is 1.50. The van der Waals surface area contributed by atoms with Gasteiger partial charge in [-0.2, -0.15) is 0 Å². The SMILES string of the molecule is Cc1cnccc1-c1ccc(C(=O)N(CC2CCC2)C[C@H]2CCCO2)cc1. The van der Waals surface area contributed by atoms with Crippen molar-refractivity contribution in [3.05, 3.63) is 53.9 Å². The highest BCUT2D eigenvalue weighted by molar-refractivity contribution is 5.94. The number of rotatable bonds is 6. The van der Waals surface area contributed by atoms with Crippen LogP contribution in [0.5, 0.6) is 0 Å². The topological polar surface area (TPSA) is 42.4 Å². The third-order valence-corrected chi connectivity index (χ3v) is 5.90. The summed E-state index contributed by atoms with van der Waals surface area (Å²) in [6, 6.07) is 10.0. The van der Waals surface area contributed by atoms with Crippen molar-refractivity contribution in [3.63, 3.8) is 0 Å². The summed E-state index contributed by atoms with van der Waals surface area (Å²) in [6.45, 7) is 4.48. The van der Waals surface area contributed by atoms with Crippen molar-refractivity contribution in [1.29, 1.82) is 0 Å². The van der Waals surface area contributed by atoms with Crippen molar-refractivity contribution in [3.8, 4) is 11.1 Å². The molecule has 0 bridgehead atoms. The number of aromatic nitrogens is 1. The third kappa shape index (κ3) is 4.22. The van der Waals surface area contributed by atoms with E-state index in [-0.39, 0.29) is 12.0 Å². The molecule has 1 aromatic heterocycles. The average Bonchev–Trinajstić information content (AvgIpc) is 3.17. The Morgan fingerprint density at radius 3 is 2.56 bits per heavy atom. The molecule has 4 nitrogen and oxygen atoms in total. The van der Waals surface area contributed by atoms with Gasteiger partial charge in [0.15, 0.2) is 0 Å². The van der Waals surface area contributed by atoms with Gasteiger partial charge in [-0.1, -0.05) is 18.6 Å². The molecule has 2 aliphatic rings. The van der Waals surface area contributed by atoms with Gasteiger partial charge in [0.1, 0.15) is 0 Å². The molecule has 1 aliphatic heterocycles. The van der Waals surface area contributed by atoms with Gasteiger partial charge < -0.3 is 9.64 Å². The predicted molar refractivity (Wildman–Crippen MR) is 107 cm³/mol. The molecule has 27 heavy (non-hydrogen) atoms. The van der Waals surface area contributed by atoms with Gasteiger partial charge in [0.05, 0.1) is 6.10 Å². The molecule has 1 atom stereocenters. The molecule has 4 heteroatoms. The van der Waals surface area contributed by atoms with Crippen LogP contribution in [-0.2, 0) is 4.74 Å². The van der Waals surface area contributed by atoms with Crippen LogP contribution in [0.25, 0.3) is 11.1 Å². The summed E-state index contributed by atoms with van der Waals surface area (Å²) >= 11 is 0. The molecule has 142 valence electrons. The summed E-state index contributed by atoms with van der Waals surface area (Å²) in [5, 5.41) is 0. The monoisotopic (exact) mass is 364 g/mol. The highest BCUT2D eigenvalue weighted by Gasteiger charge is 2.28. The van der Waals surface area contributed by atoms with Crippen LogP contribution in [0.2, 0.25) is 0 Å². The van der Waals surface area contributed by atoms with Crippen LogP contribution in [0.4, 0.5) is 0 Å². The third-order valence-electron chi connectivity index (χ3n) is 5.90. The predicted octanol–water partition coefficient (Wildman–Crippen LogP) is 4.48. The zero-order valence-corrected chi connectivity index (χ0v) is 16.1. The van der Waals surface area contributed by atoms with Gasteiger partial charge in [0.2, 0.25) is 0 Å². The highest BCUT2D eigenvalue weighted by atomic mass is 16.5. The average molecular weight is 364 g/mol. The largest absolute Gasteiger partial charge is 0.376 e. The molecule has 4 rings (SSSR count). The lowest BCUT2D eigenvalue weighted by atomic mass is 9.85. The van der Waals surface area contributed by atoms with E-state index in [1.807, 2.05) is 47.6 Å². The van der Waals surface area contributed by atoms with E-state index in [4.69, 9.17) is 4.74 Å². The van der Waals surface area contributed by atoms with Crippen molar-refractivity contribution in [2.45, 2.75) is 45.1 Å². The van der Waals surface area contributed by atoms with E-state index in [1.165, 1.54) is 19.3 Å². The lowest BCUT2D eigenvalue weighted by Crippen LogP contribution is -2.41. The van der Waals surface area contributed by atoms with Crippen molar-refractivity contribution < 1.29 is 9.53 Å². The Labute approximate surface area is 161 Å². The van der Waals surface area contributed by atoms with Gasteiger partial charge in [0.25, 0.3) is 5.91 Å². The second-order valence-corrected chi connectivity index (χ2v) is 7.91. The van der Waals surface area contributed by atoms with Crippen LogP contribution in [0.3, 0.4) is 0 Å². The first-order chi connectivity index (χ1) is 13.2. The number of benzene rings is 1. The van der Waals surface area contributed by atoms with Crippen molar-refractivity contribution in [2.75, 3.05) is 19.7 Å². The lowest BCUT2D eigenvalue weighted by molar-refractivity contribution is 0.0448. The number of carbonyl (C=O) groups excluding carboxylic acids is 1. The Morgan fingerprint density at radius 2 is 1.93 bits per heavy atom. The van der Waals surface area contributed by atoms with Crippen LogP contribution >= 0.6 is 0 Å². The van der Waals surface area contributed by atoms with E-state index in [1.54, 1.807) is 0 Å². The summed E-state index contributed by atoms with van der Waals surface area (Å²) in [4.78, 5) is 19.4. The van der Waals surface area contributed by atoms with Crippen LogP contribution in [0, 0.1) is 12.8 Å². The van der Waals surface area contributed by atoms with Gasteiger partial charge >= 0.3 is 0 Å². The Hall–Kier alpha value is -2.20. The fourth-order valence-electron chi connectivity index (χ4n) is 4.03. The van der Waals surface area contributed by atoms with Crippen LogP contribution in [-0.4, -0.2) is 41.6 Å². The van der Waals surface area contributed by atoms with Crippen LogP contribution in [0.15, 0.2) is 42.7 Å². The van der Waals surface area contributed by atoms with E-state index in [0.717, 1.165) is 54.8 Å². The summed E-state index contributed by atoms with van der Waals surface area (Å²) < 4.78 is 5.79. The minimum absolute atomic E-state index is 0.135. The van der Waals surface area contributed by atoms with E-state index < -0.39 is 0 Å². The van der Waals surface area contributed by atoms with Gasteiger partial charge in [0, 0.05) is 37.7 Å². The maximum absolute atomic E-state index is 13.2. The first-order valence-electron chi connectivity index (χ1n) is 10.1.